The number of rotatable bonds is 8. The van der Waals surface area contributed by atoms with E-state index in [-0.39, 0.29) is 6.10 Å². The van der Waals surface area contributed by atoms with Crippen molar-refractivity contribution in [2.75, 3.05) is 7.11 Å². The fourth-order valence-corrected chi connectivity index (χ4v) is 3.70. The van der Waals surface area contributed by atoms with Gasteiger partial charge in [0.05, 0.1) is 24.7 Å². The van der Waals surface area contributed by atoms with E-state index in [1.807, 2.05) is 18.2 Å². The summed E-state index contributed by atoms with van der Waals surface area (Å²) in [6.45, 7) is 4.28. The second kappa shape index (κ2) is 8.24. The standard InChI is InChI=1S/C20H29NO2/c1-4-12-20(15-21,13-5-2)16-10-11-18(22-3)19(14-16)23-17-8-6-7-9-17/h10-11,14,17H,4-9,12-13H2,1-3H3. The maximum atomic E-state index is 9.87. The van der Waals surface area contributed by atoms with E-state index in [2.05, 4.69) is 19.9 Å². The van der Waals surface area contributed by atoms with Crippen molar-refractivity contribution in [2.24, 2.45) is 0 Å². The molecule has 3 heteroatoms. The summed E-state index contributed by atoms with van der Waals surface area (Å²) < 4.78 is 11.7. The first-order valence-electron chi connectivity index (χ1n) is 8.95. The Balaban J connectivity index is 2.35. The van der Waals surface area contributed by atoms with Crippen LogP contribution in [-0.4, -0.2) is 13.2 Å². The molecule has 0 saturated heterocycles. The normalized spacial score (nSPS) is 15.4. The largest absolute Gasteiger partial charge is 0.493 e. The fourth-order valence-electron chi connectivity index (χ4n) is 3.70. The topological polar surface area (TPSA) is 42.2 Å². The van der Waals surface area contributed by atoms with E-state index in [0.717, 1.165) is 55.6 Å². The number of nitrogens with zero attached hydrogens (tertiary/aromatic N) is 1. The molecule has 0 atom stereocenters. The minimum atomic E-state index is -0.413. The van der Waals surface area contributed by atoms with Crippen molar-refractivity contribution in [1.29, 1.82) is 5.26 Å². The van der Waals surface area contributed by atoms with Crippen LogP contribution >= 0.6 is 0 Å². The maximum absolute atomic E-state index is 9.87. The third kappa shape index (κ3) is 3.99. The number of nitriles is 1. The second-order valence-corrected chi connectivity index (χ2v) is 6.58. The van der Waals surface area contributed by atoms with Crippen LogP contribution in [0.3, 0.4) is 0 Å². The van der Waals surface area contributed by atoms with Gasteiger partial charge in [-0.1, -0.05) is 32.8 Å². The van der Waals surface area contributed by atoms with E-state index < -0.39 is 5.41 Å². The highest BCUT2D eigenvalue weighted by molar-refractivity contribution is 5.47. The van der Waals surface area contributed by atoms with Crippen LogP contribution in [0.1, 0.15) is 70.8 Å². The molecule has 0 unspecified atom stereocenters. The summed E-state index contributed by atoms with van der Waals surface area (Å²) in [6.07, 6.45) is 8.74. The predicted molar refractivity (Wildman–Crippen MR) is 93.0 cm³/mol. The molecule has 0 aromatic heterocycles. The molecule has 0 radical (unpaired) electrons. The zero-order valence-corrected chi connectivity index (χ0v) is 14.7. The van der Waals surface area contributed by atoms with Gasteiger partial charge in [-0.3, -0.25) is 0 Å². The minimum absolute atomic E-state index is 0.285. The summed E-state index contributed by atoms with van der Waals surface area (Å²) in [6, 6.07) is 8.63. The molecule has 126 valence electrons. The fraction of sp³-hybridized carbons (Fsp3) is 0.650. The van der Waals surface area contributed by atoms with Crippen molar-refractivity contribution < 1.29 is 9.47 Å². The lowest BCUT2D eigenvalue weighted by Gasteiger charge is -2.27. The minimum Gasteiger partial charge on any atom is -0.493 e. The van der Waals surface area contributed by atoms with Gasteiger partial charge >= 0.3 is 0 Å². The number of hydrogen-bond donors (Lipinski definition) is 0. The Kier molecular flexibility index (Phi) is 6.33. The van der Waals surface area contributed by atoms with Gasteiger partial charge in [-0.15, -0.1) is 0 Å². The van der Waals surface area contributed by atoms with Crippen LogP contribution < -0.4 is 9.47 Å². The van der Waals surface area contributed by atoms with Crippen LogP contribution in [0.25, 0.3) is 0 Å². The Hall–Kier alpha value is -1.69. The number of hydrogen-bond acceptors (Lipinski definition) is 3. The lowest BCUT2D eigenvalue weighted by molar-refractivity contribution is 0.200. The van der Waals surface area contributed by atoms with Crippen molar-refractivity contribution >= 4 is 0 Å². The Morgan fingerprint density at radius 3 is 2.30 bits per heavy atom. The van der Waals surface area contributed by atoms with Crippen LogP contribution in [0.15, 0.2) is 18.2 Å². The summed E-state index contributed by atoms with van der Waals surface area (Å²) in [4.78, 5) is 0. The van der Waals surface area contributed by atoms with Gasteiger partial charge in [0.1, 0.15) is 0 Å². The zero-order chi connectivity index (χ0) is 16.7. The molecule has 1 saturated carbocycles. The molecule has 23 heavy (non-hydrogen) atoms. The average Bonchev–Trinajstić information content (AvgIpc) is 3.07. The molecule has 0 bridgehead atoms. The van der Waals surface area contributed by atoms with Crippen LogP contribution in [0.5, 0.6) is 11.5 Å². The first-order chi connectivity index (χ1) is 11.2. The lowest BCUT2D eigenvalue weighted by atomic mass is 9.74. The summed E-state index contributed by atoms with van der Waals surface area (Å²) in [5.41, 5.74) is 0.654. The van der Waals surface area contributed by atoms with Crippen molar-refractivity contribution in [3.8, 4) is 17.6 Å². The molecule has 1 fully saturated rings. The van der Waals surface area contributed by atoms with Crippen molar-refractivity contribution in [3.63, 3.8) is 0 Å². The summed E-state index contributed by atoms with van der Waals surface area (Å²) >= 11 is 0. The van der Waals surface area contributed by atoms with E-state index in [0.29, 0.717) is 0 Å². The quantitative estimate of drug-likeness (QED) is 0.647. The molecule has 3 nitrogen and oxygen atoms in total. The van der Waals surface area contributed by atoms with Gasteiger partial charge in [-0.25, -0.2) is 0 Å². The molecular formula is C20H29NO2. The van der Waals surface area contributed by atoms with Gasteiger partial charge in [0.2, 0.25) is 0 Å². The molecule has 1 aliphatic rings. The monoisotopic (exact) mass is 315 g/mol. The zero-order valence-electron chi connectivity index (χ0n) is 14.7. The van der Waals surface area contributed by atoms with Crippen LogP contribution in [0.4, 0.5) is 0 Å². The first-order valence-corrected chi connectivity index (χ1v) is 8.95. The Morgan fingerprint density at radius 1 is 1.13 bits per heavy atom. The molecular weight excluding hydrogens is 286 g/mol. The average molecular weight is 315 g/mol. The second-order valence-electron chi connectivity index (χ2n) is 6.58. The van der Waals surface area contributed by atoms with E-state index in [4.69, 9.17) is 9.47 Å². The summed E-state index contributed by atoms with van der Waals surface area (Å²) in [7, 11) is 1.67. The van der Waals surface area contributed by atoms with Crippen LogP contribution in [0.2, 0.25) is 0 Å². The van der Waals surface area contributed by atoms with E-state index in [1.54, 1.807) is 7.11 Å². The predicted octanol–water partition coefficient (Wildman–Crippen LogP) is 5.38. The molecule has 1 aliphatic carbocycles. The third-order valence-corrected chi connectivity index (χ3v) is 4.88. The number of ether oxygens (including phenoxy) is 2. The van der Waals surface area contributed by atoms with Crippen LogP contribution in [0, 0.1) is 11.3 Å². The highest BCUT2D eigenvalue weighted by Crippen LogP contribution is 2.39. The Labute approximate surface area is 140 Å². The van der Waals surface area contributed by atoms with Crippen LogP contribution in [-0.2, 0) is 5.41 Å². The SMILES string of the molecule is CCCC(C#N)(CCC)c1ccc(OC)c(OC2CCCC2)c1. The summed E-state index contributed by atoms with van der Waals surface area (Å²) in [5.74, 6) is 1.56. The number of benzene rings is 1. The van der Waals surface area contributed by atoms with Gasteiger partial charge in [-0.2, -0.15) is 5.26 Å². The Morgan fingerprint density at radius 2 is 1.78 bits per heavy atom. The van der Waals surface area contributed by atoms with E-state index in [9.17, 15) is 5.26 Å². The molecule has 0 heterocycles. The first kappa shape index (κ1) is 17.7. The van der Waals surface area contributed by atoms with Gasteiger partial charge in [0, 0.05) is 0 Å². The van der Waals surface area contributed by atoms with E-state index in [1.165, 1.54) is 12.8 Å². The van der Waals surface area contributed by atoms with Crippen molar-refractivity contribution in [2.45, 2.75) is 76.7 Å². The molecule has 0 amide bonds. The molecule has 1 aromatic carbocycles. The van der Waals surface area contributed by atoms with Gasteiger partial charge in [-0.05, 0) is 56.2 Å². The molecule has 2 rings (SSSR count). The van der Waals surface area contributed by atoms with Gasteiger partial charge in [0.25, 0.3) is 0 Å². The maximum Gasteiger partial charge on any atom is 0.161 e. The molecule has 0 aliphatic heterocycles. The number of methoxy groups -OCH3 is 1. The summed E-state index contributed by atoms with van der Waals surface area (Å²) in [5, 5.41) is 9.87. The van der Waals surface area contributed by atoms with Crippen molar-refractivity contribution in [1.82, 2.24) is 0 Å². The van der Waals surface area contributed by atoms with Gasteiger partial charge < -0.3 is 9.47 Å². The molecule has 0 N–H and O–H groups in total. The highest BCUT2D eigenvalue weighted by Gasteiger charge is 2.31. The molecule has 1 aromatic rings. The van der Waals surface area contributed by atoms with E-state index >= 15 is 0 Å². The highest BCUT2D eigenvalue weighted by atomic mass is 16.5. The third-order valence-electron chi connectivity index (χ3n) is 4.88. The lowest BCUT2D eigenvalue weighted by Crippen LogP contribution is -2.24. The van der Waals surface area contributed by atoms with Gasteiger partial charge in [0.15, 0.2) is 11.5 Å². The smallest absolute Gasteiger partial charge is 0.161 e. The Bertz CT molecular complexity index is 535. The molecule has 0 spiro atoms. The van der Waals surface area contributed by atoms with Crippen molar-refractivity contribution in [3.05, 3.63) is 23.8 Å².